The second kappa shape index (κ2) is 1.61. The van der Waals surface area contributed by atoms with E-state index in [0.29, 0.717) is 0 Å². The van der Waals surface area contributed by atoms with Gasteiger partial charge in [0.25, 0.3) is 0 Å². The highest BCUT2D eigenvalue weighted by Crippen LogP contribution is 2.38. The molecule has 0 spiro atoms. The van der Waals surface area contributed by atoms with Crippen LogP contribution in [0.4, 0.5) is 0 Å². The predicted octanol–water partition coefficient (Wildman–Crippen LogP) is 2.36. The highest BCUT2D eigenvalue weighted by molar-refractivity contribution is 5.09. The average molecular weight is 110 g/mol. The van der Waals surface area contributed by atoms with Crippen LogP contribution < -0.4 is 0 Å². The Labute approximate surface area is 53.4 Å². The summed E-state index contributed by atoms with van der Waals surface area (Å²) < 4.78 is 15.7. The molecule has 0 amide bonds. The van der Waals surface area contributed by atoms with Crippen molar-refractivity contribution in [3.8, 4) is 0 Å². The van der Waals surface area contributed by atoms with Crippen molar-refractivity contribution in [2.24, 2.45) is 11.8 Å². The summed E-state index contributed by atoms with van der Waals surface area (Å²) in [5, 5.41) is 0. The van der Waals surface area contributed by atoms with E-state index in [9.17, 15) is 0 Å². The first-order valence-corrected chi connectivity index (χ1v) is 3.37. The van der Waals surface area contributed by atoms with Crippen molar-refractivity contribution < 1.29 is 2.74 Å². The molecule has 0 nitrogen and oxygen atoms in total. The summed E-state index contributed by atoms with van der Waals surface area (Å²) in [6, 6.07) is 0. The first-order valence-electron chi connectivity index (χ1n) is 4.37. The lowest BCUT2D eigenvalue weighted by Crippen LogP contribution is -2.21. The number of rotatable bonds is 0. The third kappa shape index (κ3) is 0.521. The van der Waals surface area contributed by atoms with Crippen LogP contribution in [0.15, 0.2) is 12.2 Å². The van der Waals surface area contributed by atoms with E-state index in [-0.39, 0.29) is 0 Å². The minimum Gasteiger partial charge on any atom is -0.0845 e. The fourth-order valence-corrected chi connectivity index (χ4v) is 1.44. The summed E-state index contributed by atoms with van der Waals surface area (Å²) in [5.41, 5.74) is 0. The van der Waals surface area contributed by atoms with Crippen LogP contribution >= 0.6 is 0 Å². The molecule has 2 aliphatic carbocycles. The number of allylic oxidation sites excluding steroid dienone is 2. The largest absolute Gasteiger partial charge is 0.0845 e. The summed E-state index contributed by atoms with van der Waals surface area (Å²) in [7, 11) is 0. The molecule has 2 rings (SSSR count). The zero-order chi connectivity index (χ0) is 7.24. The molecule has 1 saturated carbocycles. The van der Waals surface area contributed by atoms with Gasteiger partial charge in [-0.15, -0.1) is 0 Å². The van der Waals surface area contributed by atoms with E-state index in [1.165, 1.54) is 0 Å². The smallest absolute Gasteiger partial charge is 0.0352 e. The quantitative estimate of drug-likeness (QED) is 0.420. The van der Waals surface area contributed by atoms with E-state index < -0.39 is 11.8 Å². The Morgan fingerprint density at radius 3 is 1.88 bits per heavy atom. The zero-order valence-corrected chi connectivity index (χ0v) is 4.98. The van der Waals surface area contributed by atoms with Crippen LogP contribution in [0.5, 0.6) is 0 Å². The molecule has 0 heterocycles. The van der Waals surface area contributed by atoms with Gasteiger partial charge in [-0.3, -0.25) is 0 Å². The maximum Gasteiger partial charge on any atom is 0.0352 e. The molecule has 0 saturated heterocycles. The maximum atomic E-state index is 7.84. The van der Waals surface area contributed by atoms with Crippen LogP contribution in [0.25, 0.3) is 0 Å². The molecule has 0 aromatic carbocycles. The lowest BCUT2D eigenvalue weighted by Gasteiger charge is -2.33. The highest BCUT2D eigenvalue weighted by atomic mass is 14.3. The second-order valence-corrected chi connectivity index (χ2v) is 2.59. The Morgan fingerprint density at radius 1 is 1.12 bits per heavy atom. The van der Waals surface area contributed by atoms with Gasteiger partial charge in [0.15, 0.2) is 0 Å². The van der Waals surface area contributed by atoms with Gasteiger partial charge < -0.3 is 0 Å². The topological polar surface area (TPSA) is 0 Å². The van der Waals surface area contributed by atoms with Gasteiger partial charge in [0.2, 0.25) is 0 Å². The Hall–Kier alpha value is -0.260. The SMILES string of the molecule is [2H][C@@]12C=C[C@]1([2H])CCCC2. The summed E-state index contributed by atoms with van der Waals surface area (Å²) in [5.74, 6) is -1.02. The first-order chi connectivity index (χ1) is 4.66. The summed E-state index contributed by atoms with van der Waals surface area (Å²) in [4.78, 5) is 0. The van der Waals surface area contributed by atoms with Gasteiger partial charge in [-0.25, -0.2) is 0 Å². The van der Waals surface area contributed by atoms with Crippen molar-refractivity contribution in [3.05, 3.63) is 12.2 Å². The lowest BCUT2D eigenvalue weighted by atomic mass is 9.72. The third-order valence-electron chi connectivity index (χ3n) is 2.04. The van der Waals surface area contributed by atoms with Crippen molar-refractivity contribution in [1.82, 2.24) is 0 Å². The first kappa shape index (κ1) is 3.05. The molecule has 0 aromatic heterocycles. The molecular formula is C8H12. The van der Waals surface area contributed by atoms with Crippen LogP contribution in [0, 0.1) is 11.8 Å². The van der Waals surface area contributed by atoms with Crippen molar-refractivity contribution in [2.75, 3.05) is 0 Å². The molecule has 0 aromatic rings. The molecule has 1 fully saturated rings. The van der Waals surface area contributed by atoms with Gasteiger partial charge in [-0.05, 0) is 24.6 Å². The lowest BCUT2D eigenvalue weighted by molar-refractivity contribution is 0.304. The molecule has 44 valence electrons. The van der Waals surface area contributed by atoms with E-state index >= 15 is 0 Å². The minimum atomic E-state index is -0.509. The Kier molecular flexibility index (Phi) is 0.614. The summed E-state index contributed by atoms with van der Waals surface area (Å²) >= 11 is 0. The van der Waals surface area contributed by atoms with Crippen LogP contribution in [0.1, 0.15) is 28.4 Å². The van der Waals surface area contributed by atoms with Gasteiger partial charge in [0.1, 0.15) is 0 Å². The molecule has 0 radical (unpaired) electrons. The van der Waals surface area contributed by atoms with E-state index in [1.807, 2.05) is 12.2 Å². The monoisotopic (exact) mass is 110 g/mol. The van der Waals surface area contributed by atoms with Crippen molar-refractivity contribution in [2.45, 2.75) is 25.7 Å². The molecule has 8 heavy (non-hydrogen) atoms. The average Bonchev–Trinajstić information content (AvgIpc) is 1.92. The molecule has 2 aliphatic rings. The number of hydrogen-bond acceptors (Lipinski definition) is 0. The standard InChI is InChI=1S/C8H12/c1-2-4-8-6-5-7(8)3-1/h5-8H,1-4H2/t7-,8+/i7D,8D. The van der Waals surface area contributed by atoms with Gasteiger partial charge in [-0.1, -0.05) is 25.0 Å². The van der Waals surface area contributed by atoms with Crippen molar-refractivity contribution >= 4 is 0 Å². The zero-order valence-electron chi connectivity index (χ0n) is 6.98. The molecule has 0 heteroatoms. The highest BCUT2D eigenvalue weighted by Gasteiger charge is 2.25. The summed E-state index contributed by atoms with van der Waals surface area (Å²) in [6.45, 7) is 0. The second-order valence-electron chi connectivity index (χ2n) is 2.59. The molecule has 0 bridgehead atoms. The van der Waals surface area contributed by atoms with Gasteiger partial charge in [0, 0.05) is 2.74 Å². The predicted molar refractivity (Wildman–Crippen MR) is 34.6 cm³/mol. The van der Waals surface area contributed by atoms with E-state index in [2.05, 4.69) is 0 Å². The molecule has 2 atom stereocenters. The number of hydrogen-bond donors (Lipinski definition) is 0. The van der Waals surface area contributed by atoms with Gasteiger partial charge in [0.05, 0.1) is 0 Å². The van der Waals surface area contributed by atoms with Crippen LogP contribution in [0.2, 0.25) is 0 Å². The van der Waals surface area contributed by atoms with Crippen molar-refractivity contribution in [3.63, 3.8) is 0 Å². The maximum absolute atomic E-state index is 7.84. The Bertz CT molecular complexity index is 168. The van der Waals surface area contributed by atoms with E-state index in [0.717, 1.165) is 25.7 Å². The Balaban J connectivity index is 2.27. The normalized spacial score (nSPS) is 65.0. The molecular weight excluding hydrogens is 96.1 g/mol. The van der Waals surface area contributed by atoms with Crippen LogP contribution in [-0.2, 0) is 0 Å². The fraction of sp³-hybridized carbons (Fsp3) is 0.750. The van der Waals surface area contributed by atoms with E-state index in [4.69, 9.17) is 2.74 Å². The van der Waals surface area contributed by atoms with Gasteiger partial charge in [-0.2, -0.15) is 0 Å². The van der Waals surface area contributed by atoms with E-state index in [1.54, 1.807) is 0 Å². The fourth-order valence-electron chi connectivity index (χ4n) is 1.44. The minimum absolute atomic E-state index is 0.509. The summed E-state index contributed by atoms with van der Waals surface area (Å²) in [6.07, 6.45) is 7.83. The van der Waals surface area contributed by atoms with Gasteiger partial charge >= 0.3 is 0 Å². The van der Waals surface area contributed by atoms with Crippen molar-refractivity contribution in [1.29, 1.82) is 0 Å². The Morgan fingerprint density at radius 2 is 1.62 bits per heavy atom. The molecule has 0 unspecified atom stereocenters. The van der Waals surface area contributed by atoms with Crippen LogP contribution in [0.3, 0.4) is 0 Å². The third-order valence-corrected chi connectivity index (χ3v) is 2.04. The van der Waals surface area contributed by atoms with Crippen LogP contribution in [-0.4, -0.2) is 0 Å². The molecule has 0 aliphatic heterocycles. The number of fused-ring (bicyclic) bond motifs is 1. The molecule has 0 N–H and O–H groups in total.